The van der Waals surface area contributed by atoms with Crippen LogP contribution >= 0.6 is 0 Å². The largest absolute Gasteiger partial charge is 0.507 e. The molecule has 6 heteroatoms. The molecule has 1 aliphatic rings. The number of rotatable bonds is 4. The van der Waals surface area contributed by atoms with Gasteiger partial charge in [-0.05, 0) is 52.7 Å². The Kier molecular flexibility index (Phi) is 5.11. The molecule has 162 valence electrons. The van der Waals surface area contributed by atoms with Crippen molar-refractivity contribution in [3.8, 4) is 5.75 Å². The van der Waals surface area contributed by atoms with Crippen molar-refractivity contribution in [2.45, 2.75) is 6.04 Å². The number of aliphatic hydroxyl groups excluding tert-OH is 1. The van der Waals surface area contributed by atoms with Crippen molar-refractivity contribution in [3.05, 3.63) is 108 Å². The molecule has 1 unspecified atom stereocenters. The average molecular weight is 436 g/mol. The second kappa shape index (κ2) is 8.24. The molecule has 3 aromatic carbocycles. The van der Waals surface area contributed by atoms with Crippen molar-refractivity contribution < 1.29 is 19.4 Å². The van der Waals surface area contributed by atoms with Gasteiger partial charge in [-0.25, -0.2) is 0 Å². The van der Waals surface area contributed by atoms with Gasteiger partial charge >= 0.3 is 0 Å². The highest BCUT2D eigenvalue weighted by Gasteiger charge is 2.47. The van der Waals surface area contributed by atoms with Crippen molar-refractivity contribution in [2.75, 3.05) is 12.0 Å². The summed E-state index contributed by atoms with van der Waals surface area (Å²) in [5, 5.41) is 13.1. The number of aliphatic hydroxyl groups is 1. The minimum atomic E-state index is -0.808. The summed E-state index contributed by atoms with van der Waals surface area (Å²) in [4.78, 5) is 32.0. The zero-order chi connectivity index (χ0) is 22.9. The van der Waals surface area contributed by atoms with E-state index >= 15 is 0 Å². The maximum Gasteiger partial charge on any atom is 0.300 e. The molecule has 33 heavy (non-hydrogen) atoms. The van der Waals surface area contributed by atoms with E-state index in [1.165, 1.54) is 17.3 Å². The summed E-state index contributed by atoms with van der Waals surface area (Å²) in [6.07, 6.45) is 3.06. The molecule has 5 rings (SSSR count). The molecule has 1 saturated heterocycles. The van der Waals surface area contributed by atoms with Gasteiger partial charge in [0.25, 0.3) is 11.7 Å². The van der Waals surface area contributed by atoms with E-state index in [1.54, 1.807) is 43.5 Å². The number of carbonyl (C=O) groups is 2. The van der Waals surface area contributed by atoms with E-state index < -0.39 is 17.7 Å². The second-order valence-electron chi connectivity index (χ2n) is 7.67. The van der Waals surface area contributed by atoms with Gasteiger partial charge in [-0.2, -0.15) is 0 Å². The number of anilines is 1. The Morgan fingerprint density at radius 2 is 1.61 bits per heavy atom. The molecule has 1 atom stereocenters. The number of nitrogens with zero attached hydrogens (tertiary/aromatic N) is 2. The number of Topliss-reactive ketones (excluding diaryl/α,β-unsaturated/α-hetero) is 1. The van der Waals surface area contributed by atoms with E-state index in [2.05, 4.69) is 4.98 Å². The quantitative estimate of drug-likeness (QED) is 0.281. The Hall–Kier alpha value is -4.45. The maximum absolute atomic E-state index is 13.3. The molecule has 0 saturated carbocycles. The summed E-state index contributed by atoms with van der Waals surface area (Å²) in [6, 6.07) is 22.8. The van der Waals surface area contributed by atoms with E-state index in [0.29, 0.717) is 17.0 Å². The lowest BCUT2D eigenvalue weighted by Crippen LogP contribution is -2.29. The highest BCUT2D eigenvalue weighted by atomic mass is 16.5. The molecule has 1 amide bonds. The number of methoxy groups -OCH3 is 1. The molecule has 1 fully saturated rings. The van der Waals surface area contributed by atoms with E-state index in [9.17, 15) is 14.7 Å². The summed E-state index contributed by atoms with van der Waals surface area (Å²) < 4.78 is 5.24. The maximum atomic E-state index is 13.3. The van der Waals surface area contributed by atoms with Crippen LogP contribution < -0.4 is 9.64 Å². The Bertz CT molecular complexity index is 1390. The smallest absolute Gasteiger partial charge is 0.300 e. The van der Waals surface area contributed by atoms with Gasteiger partial charge in [0.2, 0.25) is 0 Å². The first-order valence-electron chi connectivity index (χ1n) is 10.4. The Morgan fingerprint density at radius 1 is 0.909 bits per heavy atom. The van der Waals surface area contributed by atoms with Crippen molar-refractivity contribution in [1.82, 2.24) is 4.98 Å². The fourth-order valence-corrected chi connectivity index (χ4v) is 4.29. The molecular weight excluding hydrogens is 416 g/mol. The summed E-state index contributed by atoms with van der Waals surface area (Å²) in [6.45, 7) is 0. The molecular formula is C27H20N2O4. The van der Waals surface area contributed by atoms with Crippen LogP contribution in [0.2, 0.25) is 0 Å². The van der Waals surface area contributed by atoms with Gasteiger partial charge in [0.15, 0.2) is 0 Å². The Balaban J connectivity index is 1.79. The first kappa shape index (κ1) is 20.5. The van der Waals surface area contributed by atoms with Gasteiger partial charge in [-0.1, -0.05) is 42.5 Å². The van der Waals surface area contributed by atoms with Gasteiger partial charge in [-0.15, -0.1) is 0 Å². The third-order valence-electron chi connectivity index (χ3n) is 5.87. The van der Waals surface area contributed by atoms with Gasteiger partial charge in [-0.3, -0.25) is 19.5 Å². The van der Waals surface area contributed by atoms with Crippen molar-refractivity contribution in [3.63, 3.8) is 0 Å². The van der Waals surface area contributed by atoms with Crippen molar-refractivity contribution >= 4 is 33.9 Å². The van der Waals surface area contributed by atoms with E-state index in [-0.39, 0.29) is 11.3 Å². The zero-order valence-electron chi connectivity index (χ0n) is 17.8. The monoisotopic (exact) mass is 436 g/mol. The van der Waals surface area contributed by atoms with Gasteiger partial charge in [0.1, 0.15) is 11.5 Å². The number of aromatic nitrogens is 1. The molecule has 0 aliphatic carbocycles. The van der Waals surface area contributed by atoms with Crippen LogP contribution in [0.25, 0.3) is 16.5 Å². The second-order valence-corrected chi connectivity index (χ2v) is 7.67. The zero-order valence-corrected chi connectivity index (χ0v) is 17.8. The molecule has 1 N–H and O–H groups in total. The van der Waals surface area contributed by atoms with E-state index in [0.717, 1.165) is 16.3 Å². The first-order valence-corrected chi connectivity index (χ1v) is 10.4. The number of hydrogen-bond donors (Lipinski definition) is 1. The Labute approximate surface area is 190 Å². The summed E-state index contributed by atoms with van der Waals surface area (Å²) in [5.41, 5.74) is 1.74. The molecule has 0 bridgehead atoms. The van der Waals surface area contributed by atoms with E-state index in [4.69, 9.17) is 4.74 Å². The topological polar surface area (TPSA) is 79.7 Å². The number of amides is 1. The lowest BCUT2D eigenvalue weighted by atomic mass is 9.91. The lowest BCUT2D eigenvalue weighted by molar-refractivity contribution is -0.132. The van der Waals surface area contributed by atoms with Crippen LogP contribution in [0.1, 0.15) is 17.2 Å². The molecule has 0 spiro atoms. The van der Waals surface area contributed by atoms with Crippen LogP contribution in [-0.2, 0) is 9.59 Å². The molecule has 1 aromatic heterocycles. The normalized spacial score (nSPS) is 17.5. The number of carbonyl (C=O) groups excluding carboxylic acids is 2. The fourth-order valence-electron chi connectivity index (χ4n) is 4.29. The molecule has 4 aromatic rings. The highest BCUT2D eigenvalue weighted by Crippen LogP contribution is 2.44. The van der Waals surface area contributed by atoms with Crippen LogP contribution in [0.15, 0.2) is 96.8 Å². The number of fused-ring (bicyclic) bond motifs is 1. The molecule has 0 radical (unpaired) electrons. The van der Waals surface area contributed by atoms with Gasteiger partial charge in [0, 0.05) is 23.6 Å². The number of benzene rings is 3. The molecule has 2 heterocycles. The standard InChI is InChI=1S/C27H20N2O4/c1-33-20-11-9-19(10-12-20)29-24(22-8-4-6-17-5-2-3-7-21(17)22)23(26(31)27(29)32)25(30)18-13-15-28-16-14-18/h2-16,24,30H,1H3/b25-23-. The van der Waals surface area contributed by atoms with Gasteiger partial charge in [0.05, 0.1) is 18.7 Å². The third-order valence-corrected chi connectivity index (χ3v) is 5.87. The predicted molar refractivity (Wildman–Crippen MR) is 126 cm³/mol. The van der Waals surface area contributed by atoms with Crippen molar-refractivity contribution in [2.24, 2.45) is 0 Å². The van der Waals surface area contributed by atoms with Crippen LogP contribution in [0.5, 0.6) is 5.75 Å². The third kappa shape index (κ3) is 3.42. The lowest BCUT2D eigenvalue weighted by Gasteiger charge is -2.26. The van der Waals surface area contributed by atoms with Crippen LogP contribution in [0, 0.1) is 0 Å². The Morgan fingerprint density at radius 3 is 2.33 bits per heavy atom. The minimum absolute atomic E-state index is 0.0402. The molecule has 6 nitrogen and oxygen atoms in total. The summed E-state index contributed by atoms with van der Waals surface area (Å²) in [5.74, 6) is -1.04. The minimum Gasteiger partial charge on any atom is -0.507 e. The summed E-state index contributed by atoms with van der Waals surface area (Å²) in [7, 11) is 1.56. The number of pyridine rings is 1. The average Bonchev–Trinajstić information content (AvgIpc) is 3.14. The van der Waals surface area contributed by atoms with Crippen LogP contribution in [-0.4, -0.2) is 28.9 Å². The number of hydrogen-bond acceptors (Lipinski definition) is 5. The van der Waals surface area contributed by atoms with E-state index in [1.807, 2.05) is 42.5 Å². The predicted octanol–water partition coefficient (Wildman–Crippen LogP) is 4.87. The van der Waals surface area contributed by atoms with Gasteiger partial charge < -0.3 is 9.84 Å². The highest BCUT2D eigenvalue weighted by molar-refractivity contribution is 6.51. The SMILES string of the molecule is COc1ccc(N2C(=O)C(=O)/C(=C(\O)c3ccncc3)C2c2cccc3ccccc23)cc1. The summed E-state index contributed by atoms with van der Waals surface area (Å²) >= 11 is 0. The fraction of sp³-hybridized carbons (Fsp3) is 0.0741. The number of ether oxygens (including phenoxy) is 1. The van der Waals surface area contributed by atoms with Crippen LogP contribution in [0.3, 0.4) is 0 Å². The van der Waals surface area contributed by atoms with Crippen LogP contribution in [0.4, 0.5) is 5.69 Å². The number of ketones is 1. The first-order chi connectivity index (χ1) is 16.1. The van der Waals surface area contributed by atoms with Crippen molar-refractivity contribution in [1.29, 1.82) is 0 Å². The molecule has 1 aliphatic heterocycles.